The standard InChI is InChI=1S/C24H30N2O7/c1-32-18-10-11-21(27)17(14-18)9-6-12-25-19(15-22(28)29)23(30)26-20(24(31)33-2)13-16-7-4-3-5-8-16/h3-5,7-8,10-11,14,19-20,25,27H,6,9,12-13,15H2,1-2H3,(H,26,30)(H,28,29)/t19-,20-/m0/s1. The number of ether oxygens (including phenoxy) is 2. The third-order valence-electron chi connectivity index (χ3n) is 5.08. The molecule has 0 aliphatic carbocycles. The SMILES string of the molecule is COC(=O)[C@H](Cc1ccccc1)NC(=O)[C@H](CC(=O)O)NCCCc1cc(OC)ccc1O. The number of hydrogen-bond acceptors (Lipinski definition) is 7. The number of carboxylic acids is 1. The summed E-state index contributed by atoms with van der Waals surface area (Å²) < 4.78 is 9.95. The molecule has 0 fully saturated rings. The molecule has 178 valence electrons. The summed E-state index contributed by atoms with van der Waals surface area (Å²) in [5.41, 5.74) is 1.51. The largest absolute Gasteiger partial charge is 0.508 e. The van der Waals surface area contributed by atoms with Crippen LogP contribution in [0.3, 0.4) is 0 Å². The van der Waals surface area contributed by atoms with Crippen molar-refractivity contribution in [2.24, 2.45) is 0 Å². The second kappa shape index (κ2) is 13.1. The van der Waals surface area contributed by atoms with Crippen molar-refractivity contribution in [3.63, 3.8) is 0 Å². The van der Waals surface area contributed by atoms with Gasteiger partial charge < -0.3 is 30.3 Å². The van der Waals surface area contributed by atoms with Crippen LogP contribution in [0.15, 0.2) is 48.5 Å². The molecule has 0 heterocycles. The third-order valence-corrected chi connectivity index (χ3v) is 5.08. The molecule has 1 amide bonds. The molecule has 0 saturated carbocycles. The Bertz CT molecular complexity index is 934. The Morgan fingerprint density at radius 2 is 1.76 bits per heavy atom. The van der Waals surface area contributed by atoms with E-state index in [1.807, 2.05) is 30.3 Å². The Morgan fingerprint density at radius 3 is 2.39 bits per heavy atom. The van der Waals surface area contributed by atoms with Gasteiger partial charge in [-0.25, -0.2) is 4.79 Å². The zero-order chi connectivity index (χ0) is 24.2. The molecule has 0 aliphatic heterocycles. The second-order valence-corrected chi connectivity index (χ2v) is 7.48. The van der Waals surface area contributed by atoms with Crippen molar-refractivity contribution < 1.29 is 34.1 Å². The van der Waals surface area contributed by atoms with Gasteiger partial charge in [0.15, 0.2) is 0 Å². The highest BCUT2D eigenvalue weighted by Gasteiger charge is 2.27. The highest BCUT2D eigenvalue weighted by Crippen LogP contribution is 2.23. The van der Waals surface area contributed by atoms with Gasteiger partial charge in [-0.1, -0.05) is 30.3 Å². The number of amides is 1. The van der Waals surface area contributed by atoms with Crippen LogP contribution < -0.4 is 15.4 Å². The summed E-state index contributed by atoms with van der Waals surface area (Å²) in [7, 11) is 2.76. The molecule has 2 rings (SSSR count). The third kappa shape index (κ3) is 8.46. The number of phenolic OH excluding ortho intramolecular Hbond substituents is 1. The minimum absolute atomic E-state index is 0.137. The van der Waals surface area contributed by atoms with E-state index >= 15 is 0 Å². The zero-order valence-electron chi connectivity index (χ0n) is 18.7. The van der Waals surface area contributed by atoms with Crippen LogP contribution in [0.5, 0.6) is 11.5 Å². The van der Waals surface area contributed by atoms with Gasteiger partial charge in [0.2, 0.25) is 5.91 Å². The molecule has 0 saturated heterocycles. The molecule has 2 aromatic rings. The van der Waals surface area contributed by atoms with Gasteiger partial charge in [0.25, 0.3) is 0 Å². The van der Waals surface area contributed by atoms with Crippen LogP contribution in [0.2, 0.25) is 0 Å². The fourth-order valence-corrected chi connectivity index (χ4v) is 3.33. The number of aryl methyl sites for hydroxylation is 1. The maximum Gasteiger partial charge on any atom is 0.328 e. The molecule has 0 spiro atoms. The lowest BCUT2D eigenvalue weighted by atomic mass is 10.0. The topological polar surface area (TPSA) is 134 Å². The fraction of sp³-hybridized carbons (Fsp3) is 0.375. The Hall–Kier alpha value is -3.59. The highest BCUT2D eigenvalue weighted by atomic mass is 16.5. The number of carboxylic acid groups (broad SMARTS) is 1. The first-order valence-electron chi connectivity index (χ1n) is 10.6. The molecular formula is C24H30N2O7. The maximum atomic E-state index is 12.8. The van der Waals surface area contributed by atoms with E-state index in [2.05, 4.69) is 10.6 Å². The minimum atomic E-state index is -1.15. The molecule has 0 radical (unpaired) electrons. The Morgan fingerprint density at radius 1 is 1.03 bits per heavy atom. The summed E-state index contributed by atoms with van der Waals surface area (Å²) in [5, 5.41) is 24.8. The van der Waals surface area contributed by atoms with E-state index < -0.39 is 36.4 Å². The average molecular weight is 459 g/mol. The van der Waals surface area contributed by atoms with E-state index in [0.717, 1.165) is 5.56 Å². The van der Waals surface area contributed by atoms with Crippen LogP contribution in [0.1, 0.15) is 24.0 Å². The first-order valence-corrected chi connectivity index (χ1v) is 10.6. The number of methoxy groups -OCH3 is 2. The molecule has 0 aromatic heterocycles. The summed E-state index contributed by atoms with van der Waals surface area (Å²) in [6, 6.07) is 12.1. The van der Waals surface area contributed by atoms with E-state index in [-0.39, 0.29) is 12.2 Å². The van der Waals surface area contributed by atoms with Gasteiger partial charge in [-0.15, -0.1) is 0 Å². The molecule has 0 bridgehead atoms. The zero-order valence-corrected chi connectivity index (χ0v) is 18.7. The molecule has 0 aliphatic rings. The number of rotatable bonds is 13. The van der Waals surface area contributed by atoms with Crippen LogP contribution in [-0.2, 0) is 32.0 Å². The molecule has 4 N–H and O–H groups in total. The quantitative estimate of drug-likeness (QED) is 0.263. The molecule has 2 atom stereocenters. The molecule has 9 nitrogen and oxygen atoms in total. The molecule has 0 unspecified atom stereocenters. The van der Waals surface area contributed by atoms with Crippen LogP contribution in [-0.4, -0.2) is 60.9 Å². The summed E-state index contributed by atoms with van der Waals surface area (Å²) in [4.78, 5) is 36.3. The summed E-state index contributed by atoms with van der Waals surface area (Å²) in [6.07, 6.45) is 0.800. The number of nitrogens with one attached hydrogen (secondary N) is 2. The summed E-state index contributed by atoms with van der Waals surface area (Å²) in [5.74, 6) is -1.61. The first-order chi connectivity index (χ1) is 15.8. The van der Waals surface area contributed by atoms with Gasteiger partial charge >= 0.3 is 11.9 Å². The van der Waals surface area contributed by atoms with Gasteiger partial charge in [0.05, 0.1) is 26.7 Å². The Labute approximate surface area is 192 Å². The van der Waals surface area contributed by atoms with E-state index in [9.17, 15) is 24.6 Å². The van der Waals surface area contributed by atoms with Gasteiger partial charge in [-0.3, -0.25) is 9.59 Å². The molecular weight excluding hydrogens is 428 g/mol. The fourth-order valence-electron chi connectivity index (χ4n) is 3.33. The smallest absolute Gasteiger partial charge is 0.328 e. The van der Waals surface area contributed by atoms with Crippen LogP contribution in [0.25, 0.3) is 0 Å². The number of aromatic hydroxyl groups is 1. The van der Waals surface area contributed by atoms with Crippen molar-refractivity contribution >= 4 is 17.8 Å². The van der Waals surface area contributed by atoms with Gasteiger partial charge in [-0.05, 0) is 48.7 Å². The van der Waals surface area contributed by atoms with Crippen molar-refractivity contribution in [3.8, 4) is 11.5 Å². The maximum absolute atomic E-state index is 12.8. The normalized spacial score (nSPS) is 12.4. The highest BCUT2D eigenvalue weighted by molar-refractivity contribution is 5.90. The lowest BCUT2D eigenvalue weighted by Gasteiger charge is -2.21. The summed E-state index contributed by atoms with van der Waals surface area (Å²) in [6.45, 7) is 0.323. The van der Waals surface area contributed by atoms with Crippen molar-refractivity contribution in [1.29, 1.82) is 0 Å². The second-order valence-electron chi connectivity index (χ2n) is 7.48. The van der Waals surface area contributed by atoms with Gasteiger partial charge in [0.1, 0.15) is 17.5 Å². The van der Waals surface area contributed by atoms with Crippen molar-refractivity contribution in [2.45, 2.75) is 37.8 Å². The number of hydrogen-bond donors (Lipinski definition) is 4. The van der Waals surface area contributed by atoms with Crippen LogP contribution in [0, 0.1) is 0 Å². The lowest BCUT2D eigenvalue weighted by molar-refractivity contribution is -0.145. The van der Waals surface area contributed by atoms with E-state index in [0.29, 0.717) is 30.7 Å². The monoisotopic (exact) mass is 458 g/mol. The average Bonchev–Trinajstić information content (AvgIpc) is 2.81. The Balaban J connectivity index is 1.98. The van der Waals surface area contributed by atoms with Crippen molar-refractivity contribution in [3.05, 3.63) is 59.7 Å². The number of phenols is 1. The molecule has 2 aromatic carbocycles. The van der Waals surface area contributed by atoms with Gasteiger partial charge in [-0.2, -0.15) is 0 Å². The van der Waals surface area contributed by atoms with Crippen molar-refractivity contribution in [2.75, 3.05) is 20.8 Å². The van der Waals surface area contributed by atoms with Gasteiger partial charge in [0, 0.05) is 6.42 Å². The van der Waals surface area contributed by atoms with E-state index in [1.165, 1.54) is 14.2 Å². The number of benzene rings is 2. The molecule has 33 heavy (non-hydrogen) atoms. The van der Waals surface area contributed by atoms with E-state index in [1.54, 1.807) is 18.2 Å². The van der Waals surface area contributed by atoms with Crippen molar-refractivity contribution in [1.82, 2.24) is 10.6 Å². The van der Waals surface area contributed by atoms with Crippen LogP contribution in [0.4, 0.5) is 0 Å². The minimum Gasteiger partial charge on any atom is -0.508 e. The summed E-state index contributed by atoms with van der Waals surface area (Å²) >= 11 is 0. The lowest BCUT2D eigenvalue weighted by Crippen LogP contribution is -2.52. The Kier molecular flexibility index (Phi) is 10.2. The van der Waals surface area contributed by atoms with E-state index in [4.69, 9.17) is 9.47 Å². The predicted molar refractivity (Wildman–Crippen MR) is 121 cm³/mol. The van der Waals surface area contributed by atoms with Crippen LogP contribution >= 0.6 is 0 Å². The predicted octanol–water partition coefficient (Wildman–Crippen LogP) is 1.67. The number of esters is 1. The number of aliphatic carboxylic acids is 1. The molecule has 9 heteroatoms. The number of carbonyl (C=O) groups excluding carboxylic acids is 2. The first kappa shape index (κ1) is 25.7. The number of carbonyl (C=O) groups is 3.